The fourth-order valence-electron chi connectivity index (χ4n) is 2.63. The van der Waals surface area contributed by atoms with Crippen molar-refractivity contribution in [3.8, 4) is 0 Å². The molecule has 0 saturated carbocycles. The van der Waals surface area contributed by atoms with Crippen LogP contribution in [0.4, 0.5) is 8.78 Å². The Morgan fingerprint density at radius 3 is 2.83 bits per heavy atom. The van der Waals surface area contributed by atoms with Gasteiger partial charge in [-0.15, -0.1) is 0 Å². The summed E-state index contributed by atoms with van der Waals surface area (Å²) in [5.74, 6) is -1.51. The van der Waals surface area contributed by atoms with E-state index in [9.17, 15) is 13.6 Å². The van der Waals surface area contributed by atoms with Crippen LogP contribution in [-0.4, -0.2) is 17.0 Å². The molecule has 3 aromatic rings. The molecule has 3 rings (SSSR count). The first-order valence-corrected chi connectivity index (χ1v) is 7.89. The van der Waals surface area contributed by atoms with Crippen LogP contribution < -0.4 is 5.32 Å². The van der Waals surface area contributed by atoms with Gasteiger partial charge in [0.1, 0.15) is 17.3 Å². The lowest BCUT2D eigenvalue weighted by atomic mass is 10.2. The predicted molar refractivity (Wildman–Crippen MR) is 86.9 cm³/mol. The maximum Gasteiger partial charge on any atom is 0.268 e. The SMILES string of the molecule is CCCCNC(=O)c1cc2occc2n1Cc1ccc(F)cc1F. The summed E-state index contributed by atoms with van der Waals surface area (Å²) in [6, 6.07) is 6.79. The maximum atomic E-state index is 14.0. The molecule has 6 heteroatoms. The Balaban J connectivity index is 1.94. The molecule has 0 atom stereocenters. The molecule has 24 heavy (non-hydrogen) atoms. The standard InChI is InChI=1S/C18H18F2N2O2/c1-2-3-7-21-18(23)16-10-17-15(6-8-24-17)22(16)11-12-4-5-13(19)9-14(12)20/h4-6,8-10H,2-3,7,11H2,1H3,(H,21,23). The number of furan rings is 1. The van der Waals surface area contributed by atoms with Gasteiger partial charge in [0, 0.05) is 30.3 Å². The molecular formula is C18H18F2N2O2. The van der Waals surface area contributed by atoms with E-state index in [1.165, 1.54) is 18.4 Å². The summed E-state index contributed by atoms with van der Waals surface area (Å²) in [4.78, 5) is 12.4. The van der Waals surface area contributed by atoms with E-state index in [0.717, 1.165) is 18.9 Å². The fraction of sp³-hybridized carbons (Fsp3) is 0.278. The number of rotatable bonds is 6. The van der Waals surface area contributed by atoms with Gasteiger partial charge >= 0.3 is 0 Å². The lowest BCUT2D eigenvalue weighted by Crippen LogP contribution is -2.27. The van der Waals surface area contributed by atoms with Gasteiger partial charge in [0.05, 0.1) is 18.3 Å². The number of hydrogen-bond acceptors (Lipinski definition) is 2. The van der Waals surface area contributed by atoms with Crippen molar-refractivity contribution in [2.45, 2.75) is 26.3 Å². The summed E-state index contributed by atoms with van der Waals surface area (Å²) in [6.07, 6.45) is 3.38. The van der Waals surface area contributed by atoms with Crippen molar-refractivity contribution in [2.24, 2.45) is 0 Å². The maximum absolute atomic E-state index is 14.0. The number of carbonyl (C=O) groups excluding carboxylic acids is 1. The van der Waals surface area contributed by atoms with Gasteiger partial charge in [-0.05, 0) is 12.5 Å². The van der Waals surface area contributed by atoms with Crippen molar-refractivity contribution in [1.82, 2.24) is 9.88 Å². The van der Waals surface area contributed by atoms with E-state index in [1.807, 2.05) is 6.92 Å². The molecule has 1 amide bonds. The molecule has 0 aliphatic carbocycles. The molecule has 1 N–H and O–H groups in total. The largest absolute Gasteiger partial charge is 0.463 e. The van der Waals surface area contributed by atoms with Crippen LogP contribution in [-0.2, 0) is 6.54 Å². The Labute approximate surface area is 138 Å². The Morgan fingerprint density at radius 1 is 1.25 bits per heavy atom. The summed E-state index contributed by atoms with van der Waals surface area (Å²) in [5, 5.41) is 2.85. The first-order valence-electron chi connectivity index (χ1n) is 7.89. The predicted octanol–water partition coefficient (Wildman–Crippen LogP) is 4.09. The molecule has 4 nitrogen and oxygen atoms in total. The zero-order valence-electron chi connectivity index (χ0n) is 13.3. The molecule has 0 saturated heterocycles. The molecule has 2 heterocycles. The minimum Gasteiger partial charge on any atom is -0.463 e. The van der Waals surface area contributed by atoms with Gasteiger partial charge in [0.2, 0.25) is 0 Å². The quantitative estimate of drug-likeness (QED) is 0.691. The van der Waals surface area contributed by atoms with Crippen molar-refractivity contribution in [3.05, 3.63) is 59.5 Å². The van der Waals surface area contributed by atoms with Gasteiger partial charge in [-0.2, -0.15) is 0 Å². The van der Waals surface area contributed by atoms with E-state index >= 15 is 0 Å². The number of halogens is 2. The van der Waals surface area contributed by atoms with Crippen molar-refractivity contribution >= 4 is 17.0 Å². The average Bonchev–Trinajstić information content (AvgIpc) is 3.12. The smallest absolute Gasteiger partial charge is 0.268 e. The van der Waals surface area contributed by atoms with Gasteiger partial charge in [-0.3, -0.25) is 4.79 Å². The average molecular weight is 332 g/mol. The molecule has 0 unspecified atom stereocenters. The Kier molecular flexibility index (Phi) is 4.64. The molecular weight excluding hydrogens is 314 g/mol. The highest BCUT2D eigenvalue weighted by atomic mass is 19.1. The third-order valence-electron chi connectivity index (χ3n) is 3.91. The minimum atomic E-state index is -0.641. The number of nitrogens with one attached hydrogen (secondary N) is 1. The fourth-order valence-corrected chi connectivity index (χ4v) is 2.63. The van der Waals surface area contributed by atoms with E-state index in [-0.39, 0.29) is 12.5 Å². The Hall–Kier alpha value is -2.63. The van der Waals surface area contributed by atoms with Crippen LogP contribution in [0.5, 0.6) is 0 Å². The van der Waals surface area contributed by atoms with E-state index in [4.69, 9.17) is 4.42 Å². The molecule has 0 aliphatic rings. The normalized spacial score (nSPS) is 11.1. The summed E-state index contributed by atoms with van der Waals surface area (Å²) >= 11 is 0. The third kappa shape index (κ3) is 3.18. The molecule has 0 radical (unpaired) electrons. The monoisotopic (exact) mass is 332 g/mol. The second-order valence-corrected chi connectivity index (χ2v) is 5.63. The first kappa shape index (κ1) is 16.2. The van der Waals surface area contributed by atoms with E-state index in [0.29, 0.717) is 28.9 Å². The van der Waals surface area contributed by atoms with Crippen LogP contribution in [0, 0.1) is 11.6 Å². The molecule has 126 valence electrons. The number of aromatic nitrogens is 1. The molecule has 1 aromatic carbocycles. The zero-order valence-corrected chi connectivity index (χ0v) is 13.3. The van der Waals surface area contributed by atoms with Crippen molar-refractivity contribution in [2.75, 3.05) is 6.54 Å². The van der Waals surface area contributed by atoms with Gasteiger partial charge in [0.15, 0.2) is 5.58 Å². The summed E-state index contributed by atoms with van der Waals surface area (Å²) in [7, 11) is 0. The lowest BCUT2D eigenvalue weighted by Gasteiger charge is -2.11. The Bertz CT molecular complexity index is 867. The highest BCUT2D eigenvalue weighted by Crippen LogP contribution is 2.23. The molecule has 0 spiro atoms. The topological polar surface area (TPSA) is 47.2 Å². The lowest BCUT2D eigenvalue weighted by molar-refractivity contribution is 0.0944. The van der Waals surface area contributed by atoms with Crippen LogP contribution in [0.3, 0.4) is 0 Å². The number of carbonyl (C=O) groups is 1. The van der Waals surface area contributed by atoms with Crippen LogP contribution in [0.1, 0.15) is 35.8 Å². The number of fused-ring (bicyclic) bond motifs is 1. The number of hydrogen-bond donors (Lipinski definition) is 1. The third-order valence-corrected chi connectivity index (χ3v) is 3.91. The second kappa shape index (κ2) is 6.86. The summed E-state index contributed by atoms with van der Waals surface area (Å²) in [6.45, 7) is 2.73. The van der Waals surface area contributed by atoms with Crippen molar-refractivity contribution < 1.29 is 18.0 Å². The first-order chi connectivity index (χ1) is 11.6. The molecule has 0 fully saturated rings. The summed E-state index contributed by atoms with van der Waals surface area (Å²) < 4.78 is 34.1. The van der Waals surface area contributed by atoms with Crippen molar-refractivity contribution in [1.29, 1.82) is 0 Å². The van der Waals surface area contributed by atoms with Gasteiger partial charge in [-0.25, -0.2) is 8.78 Å². The number of benzene rings is 1. The number of amides is 1. The van der Waals surface area contributed by atoms with Crippen LogP contribution >= 0.6 is 0 Å². The zero-order chi connectivity index (χ0) is 17.1. The van der Waals surface area contributed by atoms with Crippen molar-refractivity contribution in [3.63, 3.8) is 0 Å². The molecule has 0 aliphatic heterocycles. The van der Waals surface area contributed by atoms with E-state index in [2.05, 4.69) is 5.32 Å². The molecule has 0 bridgehead atoms. The van der Waals surface area contributed by atoms with Gasteiger partial charge in [0.25, 0.3) is 5.91 Å². The van der Waals surface area contributed by atoms with Crippen LogP contribution in [0.2, 0.25) is 0 Å². The van der Waals surface area contributed by atoms with Crippen LogP contribution in [0.25, 0.3) is 11.1 Å². The van der Waals surface area contributed by atoms with Crippen LogP contribution in [0.15, 0.2) is 41.0 Å². The number of nitrogens with zero attached hydrogens (tertiary/aromatic N) is 1. The minimum absolute atomic E-state index is 0.117. The van der Waals surface area contributed by atoms with Gasteiger partial charge in [-0.1, -0.05) is 19.4 Å². The molecule has 2 aromatic heterocycles. The highest BCUT2D eigenvalue weighted by molar-refractivity contribution is 5.97. The van der Waals surface area contributed by atoms with Gasteiger partial charge < -0.3 is 14.3 Å². The highest BCUT2D eigenvalue weighted by Gasteiger charge is 2.18. The van der Waals surface area contributed by atoms with E-state index < -0.39 is 11.6 Å². The second-order valence-electron chi connectivity index (χ2n) is 5.63. The Morgan fingerprint density at radius 2 is 2.08 bits per heavy atom. The number of unbranched alkanes of at least 4 members (excludes halogenated alkanes) is 1. The van der Waals surface area contributed by atoms with E-state index in [1.54, 1.807) is 16.7 Å². The summed E-state index contributed by atoms with van der Waals surface area (Å²) in [5.41, 5.74) is 1.94.